The number of ether oxygens (including phenoxy) is 1. The topological polar surface area (TPSA) is 12.5 Å². The van der Waals surface area contributed by atoms with E-state index in [1.54, 1.807) is 7.11 Å². The third kappa shape index (κ3) is 4.51. The van der Waals surface area contributed by atoms with E-state index < -0.39 is 0 Å². The Morgan fingerprint density at radius 3 is 2.23 bits per heavy atom. The average molecular weight is 362 g/mol. The molecular weight excluding hydrogens is 338 g/mol. The molecule has 0 N–H and O–H groups in total. The molecule has 2 nitrogen and oxygen atoms in total. The minimum Gasteiger partial charge on any atom is -0.497 e. The van der Waals surface area contributed by atoms with Crippen LogP contribution in [0.3, 0.4) is 0 Å². The minimum atomic E-state index is 0.502. The van der Waals surface area contributed by atoms with Gasteiger partial charge in [0.15, 0.2) is 0 Å². The summed E-state index contributed by atoms with van der Waals surface area (Å²) in [5.74, 6) is 0.899. The van der Waals surface area contributed by atoms with Gasteiger partial charge in [0.1, 0.15) is 5.75 Å². The molecule has 0 aliphatic rings. The first-order chi connectivity index (χ1) is 10.6. The molecule has 2 aromatic carbocycles. The average Bonchev–Trinajstić information content (AvgIpc) is 2.54. The maximum Gasteiger partial charge on any atom is 0.119 e. The van der Waals surface area contributed by atoms with Gasteiger partial charge in [0.05, 0.1) is 7.11 Å². The predicted molar refractivity (Wildman–Crippen MR) is 97.7 cm³/mol. The summed E-state index contributed by atoms with van der Waals surface area (Å²) in [6.45, 7) is 5.45. The van der Waals surface area contributed by atoms with E-state index in [0.29, 0.717) is 6.04 Å². The smallest absolute Gasteiger partial charge is 0.119 e. The summed E-state index contributed by atoms with van der Waals surface area (Å²) >= 11 is 3.50. The molecule has 1 unspecified atom stereocenters. The highest BCUT2D eigenvalue weighted by molar-refractivity contribution is 9.10. The standard InChI is InChI=1S/C19H24BrNO/c1-4-5-15(2)21(14-16-6-8-17(20)9-7-16)18-10-12-19(22-3)13-11-18/h6-13,15H,4-5,14H2,1-3H3. The summed E-state index contributed by atoms with van der Waals surface area (Å²) < 4.78 is 6.38. The van der Waals surface area contributed by atoms with Crippen molar-refractivity contribution < 1.29 is 4.74 Å². The molecule has 0 radical (unpaired) electrons. The Hall–Kier alpha value is -1.48. The van der Waals surface area contributed by atoms with Gasteiger partial charge < -0.3 is 9.64 Å². The minimum absolute atomic E-state index is 0.502. The van der Waals surface area contributed by atoms with Crippen molar-refractivity contribution in [1.82, 2.24) is 0 Å². The Morgan fingerprint density at radius 2 is 1.68 bits per heavy atom. The zero-order valence-corrected chi connectivity index (χ0v) is 15.1. The van der Waals surface area contributed by atoms with Gasteiger partial charge >= 0.3 is 0 Å². The molecule has 0 saturated heterocycles. The van der Waals surface area contributed by atoms with Gasteiger partial charge in [-0.25, -0.2) is 0 Å². The van der Waals surface area contributed by atoms with Crippen LogP contribution in [-0.4, -0.2) is 13.2 Å². The van der Waals surface area contributed by atoms with Gasteiger partial charge in [0.25, 0.3) is 0 Å². The van der Waals surface area contributed by atoms with Crippen LogP contribution in [0.5, 0.6) is 5.75 Å². The Balaban J connectivity index is 2.22. The van der Waals surface area contributed by atoms with Crippen LogP contribution in [0.4, 0.5) is 5.69 Å². The van der Waals surface area contributed by atoms with E-state index in [1.165, 1.54) is 24.1 Å². The number of hydrogen-bond donors (Lipinski definition) is 0. The zero-order chi connectivity index (χ0) is 15.9. The SMILES string of the molecule is CCCC(C)N(Cc1ccc(Br)cc1)c1ccc(OC)cc1. The molecule has 0 heterocycles. The molecule has 1 atom stereocenters. The Kier molecular flexibility index (Phi) is 6.32. The fourth-order valence-corrected chi connectivity index (χ4v) is 2.90. The van der Waals surface area contributed by atoms with Crippen molar-refractivity contribution in [2.75, 3.05) is 12.0 Å². The van der Waals surface area contributed by atoms with Crippen LogP contribution in [0, 0.1) is 0 Å². The van der Waals surface area contributed by atoms with Crippen LogP contribution in [0.15, 0.2) is 53.0 Å². The summed E-state index contributed by atoms with van der Waals surface area (Å²) in [5, 5.41) is 0. The van der Waals surface area contributed by atoms with Gasteiger partial charge in [-0.15, -0.1) is 0 Å². The highest BCUT2D eigenvalue weighted by Gasteiger charge is 2.14. The van der Waals surface area contributed by atoms with Gasteiger partial charge in [-0.3, -0.25) is 0 Å². The van der Waals surface area contributed by atoms with Crippen molar-refractivity contribution in [3.8, 4) is 5.75 Å². The largest absolute Gasteiger partial charge is 0.497 e. The van der Waals surface area contributed by atoms with Crippen LogP contribution in [0.1, 0.15) is 32.3 Å². The molecule has 0 saturated carbocycles. The van der Waals surface area contributed by atoms with Gasteiger partial charge in [-0.05, 0) is 55.3 Å². The Labute approximate surface area is 142 Å². The molecule has 2 aromatic rings. The lowest BCUT2D eigenvalue weighted by Gasteiger charge is -2.31. The predicted octanol–water partition coefficient (Wildman–Crippen LogP) is 5.65. The number of anilines is 1. The van der Waals surface area contributed by atoms with Crippen molar-refractivity contribution in [2.45, 2.75) is 39.3 Å². The second kappa shape index (κ2) is 8.23. The summed E-state index contributed by atoms with van der Waals surface area (Å²) in [7, 11) is 1.70. The highest BCUT2D eigenvalue weighted by atomic mass is 79.9. The van der Waals surface area contributed by atoms with Crippen molar-refractivity contribution in [1.29, 1.82) is 0 Å². The summed E-state index contributed by atoms with van der Waals surface area (Å²) in [5.41, 5.74) is 2.56. The van der Waals surface area contributed by atoms with Crippen LogP contribution in [0.25, 0.3) is 0 Å². The van der Waals surface area contributed by atoms with Gasteiger partial charge in [0, 0.05) is 22.7 Å². The fourth-order valence-electron chi connectivity index (χ4n) is 2.64. The summed E-state index contributed by atoms with van der Waals surface area (Å²) in [6, 6.07) is 17.4. The second-order valence-corrected chi connectivity index (χ2v) is 6.51. The Bertz CT molecular complexity index is 565. The first kappa shape index (κ1) is 16.9. The first-order valence-electron chi connectivity index (χ1n) is 7.79. The van der Waals surface area contributed by atoms with E-state index in [9.17, 15) is 0 Å². The monoisotopic (exact) mass is 361 g/mol. The van der Waals surface area contributed by atoms with E-state index in [2.05, 4.69) is 71.1 Å². The zero-order valence-electron chi connectivity index (χ0n) is 13.6. The number of methoxy groups -OCH3 is 1. The molecule has 0 aliphatic carbocycles. The maximum absolute atomic E-state index is 5.26. The summed E-state index contributed by atoms with van der Waals surface area (Å²) in [6.07, 6.45) is 2.37. The lowest BCUT2D eigenvalue weighted by molar-refractivity contribution is 0.414. The third-order valence-corrected chi connectivity index (χ3v) is 4.44. The van der Waals surface area contributed by atoms with Crippen molar-refractivity contribution in [3.63, 3.8) is 0 Å². The van der Waals surface area contributed by atoms with Gasteiger partial charge in [-0.2, -0.15) is 0 Å². The molecule has 0 aliphatic heterocycles. The highest BCUT2D eigenvalue weighted by Crippen LogP contribution is 2.25. The van der Waals surface area contributed by atoms with E-state index in [1.807, 2.05) is 12.1 Å². The number of benzene rings is 2. The van der Waals surface area contributed by atoms with Crippen molar-refractivity contribution in [3.05, 3.63) is 58.6 Å². The number of hydrogen-bond acceptors (Lipinski definition) is 2. The second-order valence-electron chi connectivity index (χ2n) is 5.59. The normalized spacial score (nSPS) is 12.0. The molecule has 0 amide bonds. The van der Waals surface area contributed by atoms with Crippen LogP contribution < -0.4 is 9.64 Å². The number of rotatable bonds is 7. The maximum atomic E-state index is 5.26. The van der Waals surface area contributed by atoms with Crippen molar-refractivity contribution >= 4 is 21.6 Å². The van der Waals surface area contributed by atoms with Crippen LogP contribution in [-0.2, 0) is 6.54 Å². The van der Waals surface area contributed by atoms with E-state index in [-0.39, 0.29) is 0 Å². The van der Waals surface area contributed by atoms with Crippen molar-refractivity contribution in [2.24, 2.45) is 0 Å². The van der Waals surface area contributed by atoms with Crippen LogP contribution in [0.2, 0.25) is 0 Å². The van der Waals surface area contributed by atoms with Gasteiger partial charge in [-0.1, -0.05) is 41.4 Å². The third-order valence-electron chi connectivity index (χ3n) is 3.91. The first-order valence-corrected chi connectivity index (χ1v) is 8.58. The molecule has 0 spiro atoms. The molecule has 118 valence electrons. The molecule has 0 fully saturated rings. The number of nitrogens with zero attached hydrogens (tertiary/aromatic N) is 1. The van der Waals surface area contributed by atoms with Gasteiger partial charge in [0.2, 0.25) is 0 Å². The molecule has 3 heteroatoms. The van der Waals surface area contributed by atoms with E-state index >= 15 is 0 Å². The summed E-state index contributed by atoms with van der Waals surface area (Å²) in [4.78, 5) is 2.46. The fraction of sp³-hybridized carbons (Fsp3) is 0.368. The lowest BCUT2D eigenvalue weighted by atomic mass is 10.1. The van der Waals surface area contributed by atoms with Crippen LogP contribution >= 0.6 is 15.9 Å². The lowest BCUT2D eigenvalue weighted by Crippen LogP contribution is -2.32. The quantitative estimate of drug-likeness (QED) is 0.631. The Morgan fingerprint density at radius 1 is 1.05 bits per heavy atom. The molecule has 0 bridgehead atoms. The molecule has 0 aromatic heterocycles. The molecule has 2 rings (SSSR count). The van der Waals surface area contributed by atoms with E-state index in [4.69, 9.17) is 4.74 Å². The molecule has 22 heavy (non-hydrogen) atoms. The molecular formula is C19H24BrNO. The number of halogens is 1. The van der Waals surface area contributed by atoms with E-state index in [0.717, 1.165) is 16.8 Å².